The maximum atomic E-state index is 12.9. The van der Waals surface area contributed by atoms with Gasteiger partial charge in [0.1, 0.15) is 5.82 Å². The van der Waals surface area contributed by atoms with Crippen LogP contribution >= 0.6 is 22.6 Å². The van der Waals surface area contributed by atoms with Gasteiger partial charge in [-0.2, -0.15) is 0 Å². The second-order valence-corrected chi connectivity index (χ2v) is 5.01. The van der Waals surface area contributed by atoms with Gasteiger partial charge in [0.05, 0.1) is 5.69 Å². The van der Waals surface area contributed by atoms with Crippen LogP contribution in [0.2, 0.25) is 0 Å². The number of aliphatic hydroxyl groups is 1. The summed E-state index contributed by atoms with van der Waals surface area (Å²) in [6.07, 6.45) is 0.365. The van der Waals surface area contributed by atoms with Gasteiger partial charge in [-0.1, -0.05) is 0 Å². The van der Waals surface area contributed by atoms with Crippen LogP contribution in [0.4, 0.5) is 10.1 Å². The Morgan fingerprint density at radius 2 is 2.31 bits per heavy atom. The van der Waals surface area contributed by atoms with E-state index in [9.17, 15) is 9.18 Å². The van der Waals surface area contributed by atoms with E-state index >= 15 is 0 Å². The Balaban J connectivity index is 2.28. The van der Waals surface area contributed by atoms with Crippen LogP contribution < -0.4 is 4.90 Å². The summed E-state index contributed by atoms with van der Waals surface area (Å²) in [6, 6.07) is 4.35. The number of aliphatic hydroxyl groups excluding tert-OH is 1. The second-order valence-electron chi connectivity index (χ2n) is 3.85. The first kappa shape index (κ1) is 11.8. The molecule has 1 amide bonds. The van der Waals surface area contributed by atoms with Gasteiger partial charge in [0.2, 0.25) is 5.91 Å². The standard InChI is InChI=1S/C11H11FINO2/c12-8-1-2-10(9(13)4-8)14-5-7(6-15)3-11(14)16/h1-2,4,7,15H,3,5-6H2. The molecule has 2 rings (SSSR count). The SMILES string of the molecule is O=C1CC(CO)CN1c1ccc(F)cc1I. The third-order valence-corrected chi connectivity index (χ3v) is 3.53. The quantitative estimate of drug-likeness (QED) is 0.837. The maximum absolute atomic E-state index is 12.9. The third-order valence-electron chi connectivity index (χ3n) is 2.66. The van der Waals surface area contributed by atoms with Crippen molar-refractivity contribution in [1.82, 2.24) is 0 Å². The van der Waals surface area contributed by atoms with E-state index in [1.165, 1.54) is 12.1 Å². The number of nitrogens with zero attached hydrogens (tertiary/aromatic N) is 1. The van der Waals surface area contributed by atoms with Crippen LogP contribution in [0, 0.1) is 15.3 Å². The van der Waals surface area contributed by atoms with E-state index in [0.29, 0.717) is 16.5 Å². The van der Waals surface area contributed by atoms with Crippen LogP contribution in [-0.4, -0.2) is 24.2 Å². The summed E-state index contributed by atoms with van der Waals surface area (Å²) < 4.78 is 13.6. The molecule has 0 aromatic heterocycles. The molecule has 1 fully saturated rings. The number of anilines is 1. The van der Waals surface area contributed by atoms with E-state index in [2.05, 4.69) is 0 Å². The summed E-state index contributed by atoms with van der Waals surface area (Å²) in [5.41, 5.74) is 0.725. The zero-order chi connectivity index (χ0) is 11.7. The summed E-state index contributed by atoms with van der Waals surface area (Å²) in [5, 5.41) is 9.02. The molecule has 1 aliphatic rings. The van der Waals surface area contributed by atoms with Crippen molar-refractivity contribution in [3.05, 3.63) is 27.6 Å². The predicted octanol–water partition coefficient (Wildman–Crippen LogP) is 1.78. The molecule has 1 atom stereocenters. The Morgan fingerprint density at radius 3 is 2.88 bits per heavy atom. The molecule has 0 spiro atoms. The lowest BCUT2D eigenvalue weighted by molar-refractivity contribution is -0.117. The summed E-state index contributed by atoms with van der Waals surface area (Å²) in [6.45, 7) is 0.525. The number of amides is 1. The van der Waals surface area contributed by atoms with Gasteiger partial charge in [-0.25, -0.2) is 4.39 Å². The first-order valence-corrected chi connectivity index (χ1v) is 6.06. The van der Waals surface area contributed by atoms with Crippen LogP contribution in [0.5, 0.6) is 0 Å². The normalized spacial score (nSPS) is 20.6. The zero-order valence-corrected chi connectivity index (χ0v) is 10.6. The minimum absolute atomic E-state index is 0.00615. The Kier molecular flexibility index (Phi) is 3.44. The fraction of sp³-hybridized carbons (Fsp3) is 0.364. The van der Waals surface area contributed by atoms with Gasteiger partial charge < -0.3 is 10.0 Å². The van der Waals surface area contributed by atoms with E-state index in [4.69, 9.17) is 5.11 Å². The molecule has 0 saturated carbocycles. The number of carbonyl (C=O) groups is 1. The average molecular weight is 335 g/mol. The van der Waals surface area contributed by atoms with Gasteiger partial charge in [0, 0.05) is 29.1 Å². The number of halogens is 2. The molecule has 86 valence electrons. The highest BCUT2D eigenvalue weighted by Gasteiger charge is 2.30. The molecule has 1 heterocycles. The molecule has 5 heteroatoms. The highest BCUT2D eigenvalue weighted by Crippen LogP contribution is 2.29. The lowest BCUT2D eigenvalue weighted by atomic mass is 10.1. The molecule has 1 unspecified atom stereocenters. The molecule has 0 radical (unpaired) electrons. The number of benzene rings is 1. The van der Waals surface area contributed by atoms with Crippen molar-refractivity contribution in [2.75, 3.05) is 18.1 Å². The van der Waals surface area contributed by atoms with E-state index < -0.39 is 0 Å². The van der Waals surface area contributed by atoms with Gasteiger partial charge in [-0.05, 0) is 40.8 Å². The van der Waals surface area contributed by atoms with Crippen LogP contribution in [0.25, 0.3) is 0 Å². The van der Waals surface area contributed by atoms with E-state index in [1.807, 2.05) is 22.6 Å². The minimum Gasteiger partial charge on any atom is -0.396 e. The molecule has 16 heavy (non-hydrogen) atoms. The lowest BCUT2D eigenvalue weighted by Gasteiger charge is -2.18. The molecular formula is C11H11FINO2. The van der Waals surface area contributed by atoms with Crippen molar-refractivity contribution in [2.45, 2.75) is 6.42 Å². The predicted molar refractivity (Wildman–Crippen MR) is 66.7 cm³/mol. The van der Waals surface area contributed by atoms with Gasteiger partial charge in [0.15, 0.2) is 0 Å². The van der Waals surface area contributed by atoms with Crippen molar-refractivity contribution in [1.29, 1.82) is 0 Å². The van der Waals surface area contributed by atoms with Gasteiger partial charge in [-0.3, -0.25) is 4.79 Å². The summed E-state index contributed by atoms with van der Waals surface area (Å²) >= 11 is 2.01. The lowest BCUT2D eigenvalue weighted by Crippen LogP contribution is -2.25. The number of rotatable bonds is 2. The molecule has 0 aliphatic carbocycles. The molecule has 0 bridgehead atoms. The van der Waals surface area contributed by atoms with Crippen molar-refractivity contribution >= 4 is 34.2 Å². The Morgan fingerprint density at radius 1 is 1.56 bits per heavy atom. The largest absolute Gasteiger partial charge is 0.396 e. The number of hydrogen-bond acceptors (Lipinski definition) is 2. The maximum Gasteiger partial charge on any atom is 0.227 e. The first-order chi connectivity index (χ1) is 7.61. The Hall–Kier alpha value is -0.690. The fourth-order valence-corrected chi connectivity index (χ4v) is 2.61. The van der Waals surface area contributed by atoms with Crippen LogP contribution in [0.3, 0.4) is 0 Å². The molecule has 1 aliphatic heterocycles. The minimum atomic E-state index is -0.307. The van der Waals surface area contributed by atoms with Crippen molar-refractivity contribution in [3.8, 4) is 0 Å². The van der Waals surface area contributed by atoms with Gasteiger partial charge in [-0.15, -0.1) is 0 Å². The van der Waals surface area contributed by atoms with Crippen molar-refractivity contribution in [2.24, 2.45) is 5.92 Å². The summed E-state index contributed by atoms with van der Waals surface area (Å²) in [7, 11) is 0. The second kappa shape index (κ2) is 4.67. The Bertz CT molecular complexity index is 424. The molecule has 1 N–H and O–H groups in total. The number of hydrogen-bond donors (Lipinski definition) is 1. The Labute approximate surface area is 106 Å². The molecule has 3 nitrogen and oxygen atoms in total. The third kappa shape index (κ3) is 2.20. The monoisotopic (exact) mass is 335 g/mol. The molecule has 1 aromatic carbocycles. The smallest absolute Gasteiger partial charge is 0.227 e. The van der Waals surface area contributed by atoms with Gasteiger partial charge >= 0.3 is 0 Å². The van der Waals surface area contributed by atoms with Crippen molar-refractivity contribution in [3.63, 3.8) is 0 Å². The molecule has 1 saturated heterocycles. The molecular weight excluding hydrogens is 324 g/mol. The van der Waals surface area contributed by atoms with E-state index in [-0.39, 0.29) is 24.2 Å². The summed E-state index contributed by atoms with van der Waals surface area (Å²) in [4.78, 5) is 13.3. The van der Waals surface area contributed by atoms with E-state index in [1.54, 1.807) is 11.0 Å². The van der Waals surface area contributed by atoms with Crippen LogP contribution in [-0.2, 0) is 4.79 Å². The zero-order valence-electron chi connectivity index (χ0n) is 8.49. The van der Waals surface area contributed by atoms with Crippen molar-refractivity contribution < 1.29 is 14.3 Å². The highest BCUT2D eigenvalue weighted by molar-refractivity contribution is 14.1. The van der Waals surface area contributed by atoms with E-state index in [0.717, 1.165) is 5.69 Å². The van der Waals surface area contributed by atoms with Crippen LogP contribution in [0.1, 0.15) is 6.42 Å². The topological polar surface area (TPSA) is 40.5 Å². The molecule has 1 aromatic rings. The average Bonchev–Trinajstić information content (AvgIpc) is 2.60. The van der Waals surface area contributed by atoms with Gasteiger partial charge in [0.25, 0.3) is 0 Å². The highest BCUT2D eigenvalue weighted by atomic mass is 127. The fourth-order valence-electron chi connectivity index (χ4n) is 1.84. The summed E-state index contributed by atoms with van der Waals surface area (Å²) in [5.74, 6) is -0.324. The van der Waals surface area contributed by atoms with Crippen LogP contribution in [0.15, 0.2) is 18.2 Å². The number of carbonyl (C=O) groups excluding carboxylic acids is 1. The first-order valence-electron chi connectivity index (χ1n) is 4.98.